The van der Waals surface area contributed by atoms with Gasteiger partial charge in [-0.25, -0.2) is 0 Å². The van der Waals surface area contributed by atoms with Gasteiger partial charge in [-0.05, 0) is 42.0 Å². The van der Waals surface area contributed by atoms with Crippen molar-refractivity contribution in [3.05, 3.63) is 78.4 Å². The number of hydrogen-bond acceptors (Lipinski definition) is 7. The van der Waals surface area contributed by atoms with Gasteiger partial charge in [-0.15, -0.1) is 15.3 Å². The van der Waals surface area contributed by atoms with E-state index in [9.17, 15) is 4.79 Å². The Morgan fingerprint density at radius 1 is 0.972 bits per heavy atom. The standard InChI is InChI=1S/C27H25N5O4/c1-3-35-22-12-11-18-7-4-5-10-21(18)25(22)27(33)28-15-16-36-24-14-13-23-29-30-26(32(23)31-24)19-8-6-9-20(17-19)34-2/h4-14,17H,3,15-16H2,1-2H3,(H,28,33). The molecule has 0 radical (unpaired) electrons. The molecule has 0 unspecified atom stereocenters. The van der Waals surface area contributed by atoms with Crippen LogP contribution in [0.15, 0.2) is 72.8 Å². The lowest BCUT2D eigenvalue weighted by molar-refractivity contribution is 0.0944. The number of amides is 1. The minimum absolute atomic E-state index is 0.221. The molecule has 9 heteroatoms. The number of methoxy groups -OCH3 is 1. The van der Waals surface area contributed by atoms with Crippen LogP contribution in [0, 0.1) is 0 Å². The van der Waals surface area contributed by atoms with E-state index in [1.54, 1.807) is 23.8 Å². The van der Waals surface area contributed by atoms with Gasteiger partial charge in [-0.3, -0.25) is 4.79 Å². The molecule has 2 aromatic heterocycles. The van der Waals surface area contributed by atoms with Crippen molar-refractivity contribution in [2.45, 2.75) is 6.92 Å². The molecule has 2 heterocycles. The zero-order valence-electron chi connectivity index (χ0n) is 20.0. The molecule has 36 heavy (non-hydrogen) atoms. The van der Waals surface area contributed by atoms with Crippen LogP contribution in [0.4, 0.5) is 0 Å². The van der Waals surface area contributed by atoms with Crippen molar-refractivity contribution in [3.8, 4) is 28.8 Å². The summed E-state index contributed by atoms with van der Waals surface area (Å²) in [7, 11) is 1.61. The lowest BCUT2D eigenvalue weighted by Gasteiger charge is -2.14. The second kappa shape index (κ2) is 10.3. The summed E-state index contributed by atoms with van der Waals surface area (Å²) < 4.78 is 18.4. The molecule has 0 fully saturated rings. The summed E-state index contributed by atoms with van der Waals surface area (Å²) in [6.07, 6.45) is 0. The maximum Gasteiger partial charge on any atom is 0.255 e. The lowest BCUT2D eigenvalue weighted by Crippen LogP contribution is -2.29. The van der Waals surface area contributed by atoms with Gasteiger partial charge < -0.3 is 19.5 Å². The first-order valence-electron chi connectivity index (χ1n) is 11.6. The highest BCUT2D eigenvalue weighted by molar-refractivity contribution is 6.09. The molecule has 9 nitrogen and oxygen atoms in total. The van der Waals surface area contributed by atoms with Gasteiger partial charge in [0.2, 0.25) is 5.88 Å². The number of rotatable bonds is 9. The summed E-state index contributed by atoms with van der Waals surface area (Å²) >= 11 is 0. The number of aromatic nitrogens is 4. The highest BCUT2D eigenvalue weighted by Gasteiger charge is 2.16. The van der Waals surface area contributed by atoms with Gasteiger partial charge >= 0.3 is 0 Å². The number of nitrogens with one attached hydrogen (secondary N) is 1. The van der Waals surface area contributed by atoms with Crippen molar-refractivity contribution in [3.63, 3.8) is 0 Å². The average molecular weight is 484 g/mol. The molecule has 1 N–H and O–H groups in total. The summed E-state index contributed by atoms with van der Waals surface area (Å²) in [6, 6.07) is 22.5. The SMILES string of the molecule is CCOc1ccc2ccccc2c1C(=O)NCCOc1ccc2nnc(-c3cccc(OC)c3)n2n1. The van der Waals surface area contributed by atoms with Crippen molar-refractivity contribution < 1.29 is 19.0 Å². The number of benzene rings is 3. The van der Waals surface area contributed by atoms with Gasteiger partial charge in [-0.1, -0.05) is 42.5 Å². The van der Waals surface area contributed by atoms with E-state index in [-0.39, 0.29) is 19.1 Å². The Kier molecular flexibility index (Phi) is 6.61. The topological polar surface area (TPSA) is 99.9 Å². The molecule has 0 aliphatic carbocycles. The quantitative estimate of drug-likeness (QED) is 0.314. The van der Waals surface area contributed by atoms with E-state index in [1.807, 2.05) is 67.6 Å². The molecule has 0 spiro atoms. The number of carbonyl (C=O) groups is 1. The molecule has 0 aliphatic rings. The van der Waals surface area contributed by atoms with Crippen LogP contribution in [0.2, 0.25) is 0 Å². The summed E-state index contributed by atoms with van der Waals surface area (Å²) in [5.74, 6) is 2.01. The van der Waals surface area contributed by atoms with E-state index in [0.717, 1.165) is 16.3 Å². The zero-order valence-corrected chi connectivity index (χ0v) is 20.0. The first kappa shape index (κ1) is 23.1. The van der Waals surface area contributed by atoms with Crippen molar-refractivity contribution in [1.29, 1.82) is 0 Å². The Morgan fingerprint density at radius 2 is 1.86 bits per heavy atom. The fourth-order valence-electron chi connectivity index (χ4n) is 3.96. The summed E-state index contributed by atoms with van der Waals surface area (Å²) in [5, 5.41) is 17.7. The Hall–Kier alpha value is -4.66. The van der Waals surface area contributed by atoms with Crippen LogP contribution in [0.1, 0.15) is 17.3 Å². The third kappa shape index (κ3) is 4.63. The second-order valence-electron chi connectivity index (χ2n) is 7.89. The fourth-order valence-corrected chi connectivity index (χ4v) is 3.96. The summed E-state index contributed by atoms with van der Waals surface area (Å²) in [6.45, 7) is 2.88. The monoisotopic (exact) mass is 483 g/mol. The number of fused-ring (bicyclic) bond motifs is 2. The normalized spacial score (nSPS) is 10.9. The number of ether oxygens (including phenoxy) is 3. The molecule has 182 valence electrons. The molecule has 1 amide bonds. The maximum absolute atomic E-state index is 13.1. The van der Waals surface area contributed by atoms with E-state index in [0.29, 0.717) is 41.0 Å². The first-order chi connectivity index (χ1) is 17.7. The number of nitrogens with zero attached hydrogens (tertiary/aromatic N) is 4. The maximum atomic E-state index is 13.1. The van der Waals surface area contributed by atoms with E-state index in [2.05, 4.69) is 20.6 Å². The Morgan fingerprint density at radius 3 is 2.72 bits per heavy atom. The predicted molar refractivity (Wildman–Crippen MR) is 136 cm³/mol. The molecule has 5 rings (SSSR count). The smallest absolute Gasteiger partial charge is 0.255 e. The van der Waals surface area contributed by atoms with Gasteiger partial charge in [-0.2, -0.15) is 4.52 Å². The van der Waals surface area contributed by atoms with E-state index in [1.165, 1.54) is 0 Å². The average Bonchev–Trinajstić information content (AvgIpc) is 3.34. The number of carbonyl (C=O) groups excluding carboxylic acids is 1. The molecule has 0 aliphatic heterocycles. The fraction of sp³-hybridized carbons (Fsp3) is 0.185. The van der Waals surface area contributed by atoms with E-state index >= 15 is 0 Å². The van der Waals surface area contributed by atoms with Crippen molar-refractivity contribution in [2.24, 2.45) is 0 Å². The molecule has 3 aromatic carbocycles. The minimum Gasteiger partial charge on any atom is -0.497 e. The van der Waals surface area contributed by atoms with Crippen LogP contribution in [0.25, 0.3) is 27.8 Å². The van der Waals surface area contributed by atoms with E-state index in [4.69, 9.17) is 14.2 Å². The largest absolute Gasteiger partial charge is 0.497 e. The van der Waals surface area contributed by atoms with Gasteiger partial charge in [0.05, 0.1) is 25.8 Å². The van der Waals surface area contributed by atoms with Crippen molar-refractivity contribution in [2.75, 3.05) is 26.9 Å². The van der Waals surface area contributed by atoms with E-state index < -0.39 is 0 Å². The summed E-state index contributed by atoms with van der Waals surface area (Å²) in [5.41, 5.74) is 1.92. The molecular formula is C27H25N5O4. The highest BCUT2D eigenvalue weighted by Crippen LogP contribution is 2.28. The zero-order chi connectivity index (χ0) is 24.9. The van der Waals surface area contributed by atoms with Crippen LogP contribution in [0.5, 0.6) is 17.4 Å². The van der Waals surface area contributed by atoms with Gasteiger partial charge in [0.25, 0.3) is 5.91 Å². The van der Waals surface area contributed by atoms with Crippen LogP contribution in [0.3, 0.4) is 0 Å². The van der Waals surface area contributed by atoms with Crippen molar-refractivity contribution >= 4 is 22.3 Å². The molecule has 0 saturated heterocycles. The lowest BCUT2D eigenvalue weighted by atomic mass is 10.0. The molecule has 5 aromatic rings. The Labute approximate surface area is 207 Å². The second-order valence-corrected chi connectivity index (χ2v) is 7.89. The third-order valence-electron chi connectivity index (χ3n) is 5.62. The van der Waals surface area contributed by atoms with Crippen LogP contribution in [-0.4, -0.2) is 52.6 Å². The first-order valence-corrected chi connectivity index (χ1v) is 11.6. The summed E-state index contributed by atoms with van der Waals surface area (Å²) in [4.78, 5) is 13.1. The third-order valence-corrected chi connectivity index (χ3v) is 5.62. The minimum atomic E-state index is -0.221. The Bertz CT molecular complexity index is 1530. The molecule has 0 atom stereocenters. The molecule has 0 saturated carbocycles. The van der Waals surface area contributed by atoms with Crippen LogP contribution in [-0.2, 0) is 0 Å². The van der Waals surface area contributed by atoms with Gasteiger partial charge in [0.15, 0.2) is 11.5 Å². The number of hydrogen-bond donors (Lipinski definition) is 1. The van der Waals surface area contributed by atoms with Crippen LogP contribution >= 0.6 is 0 Å². The molecular weight excluding hydrogens is 458 g/mol. The van der Waals surface area contributed by atoms with Crippen molar-refractivity contribution in [1.82, 2.24) is 25.1 Å². The van der Waals surface area contributed by atoms with Gasteiger partial charge in [0, 0.05) is 11.6 Å². The molecule has 0 bridgehead atoms. The van der Waals surface area contributed by atoms with Crippen LogP contribution < -0.4 is 19.5 Å². The van der Waals surface area contributed by atoms with Gasteiger partial charge in [0.1, 0.15) is 18.1 Å². The Balaban J connectivity index is 1.28. The highest BCUT2D eigenvalue weighted by atomic mass is 16.5. The predicted octanol–water partition coefficient (Wildman–Crippen LogP) is 4.16.